The molecule has 1 saturated carbocycles. The maximum Gasteiger partial charge on any atom is 0.119 e. The molecule has 0 amide bonds. The number of allylic oxidation sites excluding steroid dienone is 4. The quantitative estimate of drug-likeness (QED) is 0.772. The normalized spacial score (nSPS) is 23.4. The lowest BCUT2D eigenvalue weighted by molar-refractivity contribution is 0.0493. The summed E-state index contributed by atoms with van der Waals surface area (Å²) in [6, 6.07) is 9.55. The molecule has 0 aromatic heterocycles. The minimum absolute atomic E-state index is 0.387. The van der Waals surface area contributed by atoms with Crippen molar-refractivity contribution in [3.8, 4) is 5.75 Å². The van der Waals surface area contributed by atoms with E-state index in [1.165, 1.54) is 61.9 Å². The van der Waals surface area contributed by atoms with Gasteiger partial charge in [0.1, 0.15) is 11.9 Å². The fraction of sp³-hybridized carbons (Fsp3) is 0.500. The molecule has 3 aliphatic rings. The van der Waals surface area contributed by atoms with Gasteiger partial charge in [0.05, 0.1) is 0 Å². The molecule has 0 N–H and O–H groups in total. The average molecular weight is 322 g/mol. The summed E-state index contributed by atoms with van der Waals surface area (Å²) in [4.78, 5) is 2.67. The van der Waals surface area contributed by atoms with Crippen molar-refractivity contribution in [3.63, 3.8) is 0 Å². The summed E-state index contributed by atoms with van der Waals surface area (Å²) < 4.78 is 6.23. The minimum atomic E-state index is 0.387. The summed E-state index contributed by atoms with van der Waals surface area (Å²) in [5.41, 5.74) is 3.95. The molecule has 1 aliphatic heterocycles. The van der Waals surface area contributed by atoms with E-state index in [0.717, 1.165) is 24.6 Å². The number of hydrogen-bond acceptors (Lipinski definition) is 2. The Bertz CT molecular complexity index is 616. The van der Waals surface area contributed by atoms with Gasteiger partial charge in [0.15, 0.2) is 0 Å². The van der Waals surface area contributed by atoms with Crippen LogP contribution in [0.5, 0.6) is 5.75 Å². The van der Waals surface area contributed by atoms with E-state index in [2.05, 4.69) is 48.2 Å². The maximum atomic E-state index is 6.23. The van der Waals surface area contributed by atoms with Crippen LogP contribution in [-0.4, -0.2) is 30.1 Å². The van der Waals surface area contributed by atoms with Crippen molar-refractivity contribution < 1.29 is 4.74 Å². The molecule has 4 rings (SSSR count). The van der Waals surface area contributed by atoms with E-state index in [-0.39, 0.29) is 0 Å². The second kappa shape index (κ2) is 7.14. The van der Waals surface area contributed by atoms with E-state index in [1.54, 1.807) is 0 Å². The lowest BCUT2D eigenvalue weighted by Gasteiger charge is -2.41. The van der Waals surface area contributed by atoms with E-state index in [1.807, 2.05) is 0 Å². The third-order valence-corrected chi connectivity index (χ3v) is 5.82. The van der Waals surface area contributed by atoms with Crippen molar-refractivity contribution in [2.24, 2.45) is 0 Å². The van der Waals surface area contributed by atoms with Crippen LogP contribution >= 0.6 is 0 Å². The molecule has 2 nitrogen and oxygen atoms in total. The van der Waals surface area contributed by atoms with Crippen molar-refractivity contribution in [2.45, 2.75) is 57.1 Å². The molecular weight excluding hydrogens is 294 g/mol. The molecule has 1 aromatic carbocycles. The highest BCUT2D eigenvalue weighted by molar-refractivity contribution is 5.69. The number of hydrogen-bond donors (Lipinski definition) is 0. The van der Waals surface area contributed by atoms with E-state index >= 15 is 0 Å². The monoisotopic (exact) mass is 322 g/mol. The smallest absolute Gasteiger partial charge is 0.119 e. The van der Waals surface area contributed by atoms with Crippen LogP contribution < -0.4 is 4.74 Å². The van der Waals surface area contributed by atoms with Crippen LogP contribution in [0.1, 0.15) is 50.5 Å². The SMILES string of the molecule is [CH2]C1=CCC(c2ccc(OC3CCN(C4CCC4)CC3)cc2)=CC1. The molecular formula is C22H28NO. The molecule has 1 saturated heterocycles. The van der Waals surface area contributed by atoms with Crippen LogP contribution in [0, 0.1) is 6.92 Å². The Morgan fingerprint density at radius 3 is 2.25 bits per heavy atom. The lowest BCUT2D eigenvalue weighted by Crippen LogP contribution is -2.46. The third-order valence-electron chi connectivity index (χ3n) is 5.82. The summed E-state index contributed by atoms with van der Waals surface area (Å²) in [5.74, 6) is 1.02. The van der Waals surface area contributed by atoms with Crippen LogP contribution in [0.4, 0.5) is 0 Å². The number of nitrogens with zero attached hydrogens (tertiary/aromatic N) is 1. The molecule has 0 spiro atoms. The number of likely N-dealkylation sites (tertiary alicyclic amines) is 1. The Labute approximate surface area is 146 Å². The predicted molar refractivity (Wildman–Crippen MR) is 100.0 cm³/mol. The first-order valence-electron chi connectivity index (χ1n) is 9.49. The van der Waals surface area contributed by atoms with Gasteiger partial charge in [0.2, 0.25) is 0 Å². The van der Waals surface area contributed by atoms with Gasteiger partial charge in [0, 0.05) is 19.1 Å². The lowest BCUT2D eigenvalue weighted by atomic mass is 9.90. The van der Waals surface area contributed by atoms with Crippen molar-refractivity contribution >= 4 is 5.57 Å². The highest BCUT2D eigenvalue weighted by Crippen LogP contribution is 2.30. The average Bonchev–Trinajstić information content (AvgIpc) is 2.57. The van der Waals surface area contributed by atoms with Gasteiger partial charge < -0.3 is 9.64 Å². The third kappa shape index (κ3) is 3.59. The second-order valence-electron chi connectivity index (χ2n) is 7.46. The Balaban J connectivity index is 1.30. The van der Waals surface area contributed by atoms with E-state index in [4.69, 9.17) is 4.74 Å². The van der Waals surface area contributed by atoms with E-state index < -0.39 is 0 Å². The second-order valence-corrected chi connectivity index (χ2v) is 7.46. The van der Waals surface area contributed by atoms with Crippen molar-refractivity contribution in [3.05, 3.63) is 54.5 Å². The van der Waals surface area contributed by atoms with Crippen LogP contribution in [0.2, 0.25) is 0 Å². The minimum Gasteiger partial charge on any atom is -0.490 e. The first-order chi connectivity index (χ1) is 11.8. The molecule has 1 heterocycles. The Morgan fingerprint density at radius 1 is 0.917 bits per heavy atom. The van der Waals surface area contributed by atoms with Gasteiger partial charge in [-0.1, -0.05) is 36.3 Å². The van der Waals surface area contributed by atoms with Crippen molar-refractivity contribution in [1.29, 1.82) is 0 Å². The van der Waals surface area contributed by atoms with Crippen molar-refractivity contribution in [1.82, 2.24) is 4.90 Å². The molecule has 0 bridgehead atoms. The fourth-order valence-electron chi connectivity index (χ4n) is 3.96. The maximum absolute atomic E-state index is 6.23. The summed E-state index contributed by atoms with van der Waals surface area (Å²) in [6.45, 7) is 6.44. The summed E-state index contributed by atoms with van der Waals surface area (Å²) in [5, 5.41) is 0. The molecule has 1 radical (unpaired) electrons. The Morgan fingerprint density at radius 2 is 1.67 bits per heavy atom. The summed E-state index contributed by atoms with van der Waals surface area (Å²) >= 11 is 0. The van der Waals surface area contributed by atoms with Gasteiger partial charge in [-0.25, -0.2) is 0 Å². The Kier molecular flexibility index (Phi) is 4.75. The predicted octanol–water partition coefficient (Wildman–Crippen LogP) is 5.02. The van der Waals surface area contributed by atoms with Gasteiger partial charge in [-0.15, -0.1) is 0 Å². The molecule has 2 aliphatic carbocycles. The fourth-order valence-corrected chi connectivity index (χ4v) is 3.96. The zero-order valence-corrected chi connectivity index (χ0v) is 14.5. The first-order valence-corrected chi connectivity index (χ1v) is 9.49. The Hall–Kier alpha value is -1.54. The van der Waals surface area contributed by atoms with E-state index in [9.17, 15) is 0 Å². The van der Waals surface area contributed by atoms with Crippen LogP contribution in [0.25, 0.3) is 5.57 Å². The van der Waals surface area contributed by atoms with Gasteiger partial charge in [0.25, 0.3) is 0 Å². The van der Waals surface area contributed by atoms with Crippen LogP contribution in [-0.2, 0) is 0 Å². The largest absolute Gasteiger partial charge is 0.490 e. The van der Waals surface area contributed by atoms with Crippen LogP contribution in [0.3, 0.4) is 0 Å². The van der Waals surface area contributed by atoms with E-state index in [0.29, 0.717) is 6.10 Å². The molecule has 2 heteroatoms. The van der Waals surface area contributed by atoms with Gasteiger partial charge in [-0.05, 0) is 68.7 Å². The van der Waals surface area contributed by atoms with Crippen LogP contribution in [0.15, 0.2) is 42.0 Å². The number of ether oxygens (including phenoxy) is 1. The number of benzene rings is 1. The zero-order chi connectivity index (χ0) is 16.4. The summed E-state index contributed by atoms with van der Waals surface area (Å²) in [6.07, 6.45) is 13.5. The molecule has 0 atom stereocenters. The van der Waals surface area contributed by atoms with Gasteiger partial charge in [-0.3, -0.25) is 0 Å². The van der Waals surface area contributed by atoms with Crippen molar-refractivity contribution in [2.75, 3.05) is 13.1 Å². The number of rotatable bonds is 4. The topological polar surface area (TPSA) is 12.5 Å². The van der Waals surface area contributed by atoms with Gasteiger partial charge >= 0.3 is 0 Å². The van der Waals surface area contributed by atoms with Gasteiger partial charge in [-0.2, -0.15) is 0 Å². The molecule has 1 aromatic rings. The first kappa shape index (κ1) is 16.0. The highest BCUT2D eigenvalue weighted by Gasteiger charge is 2.29. The molecule has 127 valence electrons. The summed E-state index contributed by atoms with van der Waals surface area (Å²) in [7, 11) is 0. The number of piperidine rings is 1. The highest BCUT2D eigenvalue weighted by atomic mass is 16.5. The standard InChI is InChI=1S/C22H28NO/c1-17-5-7-18(8-6-17)19-9-11-21(12-10-19)24-22-13-15-23(16-14-22)20-3-2-4-20/h5,8-12,20,22H,1-4,6-7,13-16H2. The molecule has 24 heavy (non-hydrogen) atoms. The molecule has 2 fully saturated rings. The molecule has 0 unspecified atom stereocenters. The zero-order valence-electron chi connectivity index (χ0n) is 14.5.